The molecule has 1 N–H and O–H groups in total. The summed E-state index contributed by atoms with van der Waals surface area (Å²) in [5.41, 5.74) is 1.01. The molecule has 0 aliphatic carbocycles. The number of ether oxygens (including phenoxy) is 2. The monoisotopic (exact) mass is 268 g/mol. The Kier molecular flexibility index (Phi) is 5.76. The Morgan fingerprint density at radius 1 is 1.50 bits per heavy atom. The van der Waals surface area contributed by atoms with Gasteiger partial charge in [0.05, 0.1) is 12.1 Å². The fourth-order valence-corrected chi connectivity index (χ4v) is 1.74. The van der Waals surface area contributed by atoms with Crippen LogP contribution in [0.4, 0.5) is 0 Å². The summed E-state index contributed by atoms with van der Waals surface area (Å²) < 4.78 is 10.7. The highest BCUT2D eigenvalue weighted by Gasteiger charge is 2.14. The van der Waals surface area contributed by atoms with E-state index >= 15 is 0 Å². The molecule has 1 aromatic rings. The first-order valence-electron chi connectivity index (χ1n) is 5.75. The predicted molar refractivity (Wildman–Crippen MR) is 71.1 cm³/mol. The fraction of sp³-hybridized carbons (Fsp3) is 0.462. The molecule has 0 bridgehead atoms. The highest BCUT2D eigenvalue weighted by Crippen LogP contribution is 2.37. The molecule has 0 heterocycles. The average molecular weight is 269 g/mol. The maximum Gasteiger partial charge on any atom is 0.182 e. The van der Waals surface area contributed by atoms with E-state index in [1.165, 1.54) is 0 Å². The lowest BCUT2D eigenvalue weighted by molar-refractivity contribution is 0.260. The summed E-state index contributed by atoms with van der Waals surface area (Å²) in [5.74, 6) is 0.950. The van der Waals surface area contributed by atoms with Crippen LogP contribution in [0.3, 0.4) is 0 Å². The number of hydrogen-bond donors (Lipinski definition) is 1. The standard InChI is InChI=1S/C13H17ClN2O2/c1-4-16-8-10-5-11(14)13(12(6-10)17-3)18-9(2)7-15/h5-6,9,16H,4,8H2,1-3H3. The van der Waals surface area contributed by atoms with E-state index in [4.69, 9.17) is 26.3 Å². The minimum atomic E-state index is -0.573. The van der Waals surface area contributed by atoms with Crippen LogP contribution in [0.15, 0.2) is 12.1 Å². The fourth-order valence-electron chi connectivity index (χ4n) is 1.46. The van der Waals surface area contributed by atoms with Crippen LogP contribution < -0.4 is 14.8 Å². The zero-order chi connectivity index (χ0) is 13.5. The molecular formula is C13H17ClN2O2. The minimum absolute atomic E-state index is 0.411. The van der Waals surface area contributed by atoms with Crippen molar-refractivity contribution in [3.8, 4) is 17.6 Å². The Morgan fingerprint density at radius 3 is 2.78 bits per heavy atom. The van der Waals surface area contributed by atoms with E-state index in [1.54, 1.807) is 14.0 Å². The first kappa shape index (κ1) is 14.6. The quantitative estimate of drug-likeness (QED) is 0.862. The van der Waals surface area contributed by atoms with Crippen LogP contribution in [0.5, 0.6) is 11.5 Å². The molecule has 1 atom stereocenters. The smallest absolute Gasteiger partial charge is 0.182 e. The van der Waals surface area contributed by atoms with Crippen LogP contribution in [0.2, 0.25) is 5.02 Å². The number of rotatable bonds is 6. The number of nitrogens with one attached hydrogen (secondary N) is 1. The summed E-state index contributed by atoms with van der Waals surface area (Å²) in [5, 5.41) is 12.4. The molecule has 0 saturated carbocycles. The number of benzene rings is 1. The molecule has 1 unspecified atom stereocenters. The molecule has 0 radical (unpaired) electrons. The van der Waals surface area contributed by atoms with Gasteiger partial charge in [0.1, 0.15) is 6.07 Å². The largest absolute Gasteiger partial charge is 0.493 e. The summed E-state index contributed by atoms with van der Waals surface area (Å²) >= 11 is 6.15. The predicted octanol–water partition coefficient (Wildman–Crippen LogP) is 2.75. The van der Waals surface area contributed by atoms with Crippen LogP contribution in [0.1, 0.15) is 19.4 Å². The Balaban J connectivity index is 3.00. The van der Waals surface area contributed by atoms with Crippen molar-refractivity contribution >= 4 is 11.6 Å². The third-order valence-electron chi connectivity index (χ3n) is 2.34. The Hall–Kier alpha value is -1.44. The van der Waals surface area contributed by atoms with E-state index in [0.29, 0.717) is 23.1 Å². The van der Waals surface area contributed by atoms with Gasteiger partial charge >= 0.3 is 0 Å². The van der Waals surface area contributed by atoms with E-state index in [9.17, 15) is 0 Å². The molecule has 0 aromatic heterocycles. The van der Waals surface area contributed by atoms with Crippen molar-refractivity contribution in [3.05, 3.63) is 22.7 Å². The molecule has 98 valence electrons. The first-order valence-corrected chi connectivity index (χ1v) is 6.13. The maximum absolute atomic E-state index is 8.75. The first-order chi connectivity index (χ1) is 8.62. The molecule has 1 aromatic carbocycles. The van der Waals surface area contributed by atoms with Gasteiger partial charge in [0.15, 0.2) is 17.6 Å². The molecule has 0 spiro atoms. The van der Waals surface area contributed by atoms with Gasteiger partial charge in [0.25, 0.3) is 0 Å². The van der Waals surface area contributed by atoms with E-state index in [-0.39, 0.29) is 0 Å². The van der Waals surface area contributed by atoms with Gasteiger partial charge in [-0.1, -0.05) is 18.5 Å². The highest BCUT2D eigenvalue weighted by molar-refractivity contribution is 6.32. The molecular weight excluding hydrogens is 252 g/mol. The number of methoxy groups -OCH3 is 1. The highest BCUT2D eigenvalue weighted by atomic mass is 35.5. The molecule has 4 nitrogen and oxygen atoms in total. The molecule has 0 amide bonds. The SMILES string of the molecule is CCNCc1cc(Cl)c(OC(C)C#N)c(OC)c1. The van der Waals surface area contributed by atoms with E-state index < -0.39 is 6.10 Å². The van der Waals surface area contributed by atoms with E-state index in [0.717, 1.165) is 12.1 Å². The second-order valence-electron chi connectivity index (χ2n) is 3.78. The molecule has 18 heavy (non-hydrogen) atoms. The normalized spacial score (nSPS) is 11.7. The minimum Gasteiger partial charge on any atom is -0.493 e. The van der Waals surface area contributed by atoms with Gasteiger partial charge in [-0.2, -0.15) is 5.26 Å². The third-order valence-corrected chi connectivity index (χ3v) is 2.63. The van der Waals surface area contributed by atoms with Crippen LogP contribution in [0.25, 0.3) is 0 Å². The summed E-state index contributed by atoms with van der Waals surface area (Å²) in [4.78, 5) is 0. The Morgan fingerprint density at radius 2 is 2.22 bits per heavy atom. The lowest BCUT2D eigenvalue weighted by atomic mass is 10.2. The van der Waals surface area contributed by atoms with Crippen molar-refractivity contribution in [2.45, 2.75) is 26.5 Å². The zero-order valence-electron chi connectivity index (χ0n) is 10.8. The second kappa shape index (κ2) is 7.10. The van der Waals surface area contributed by atoms with Gasteiger partial charge < -0.3 is 14.8 Å². The van der Waals surface area contributed by atoms with Crippen molar-refractivity contribution < 1.29 is 9.47 Å². The summed E-state index contributed by atoms with van der Waals surface area (Å²) in [7, 11) is 1.55. The van der Waals surface area contributed by atoms with E-state index in [1.807, 2.05) is 25.1 Å². The molecule has 1 rings (SSSR count). The number of nitriles is 1. The number of hydrogen-bond acceptors (Lipinski definition) is 4. The lowest BCUT2D eigenvalue weighted by Crippen LogP contribution is -2.13. The zero-order valence-corrected chi connectivity index (χ0v) is 11.5. The molecule has 0 saturated heterocycles. The van der Waals surface area contributed by atoms with Crippen LogP contribution in [0, 0.1) is 11.3 Å². The summed E-state index contributed by atoms with van der Waals surface area (Å²) in [6.07, 6.45) is -0.573. The second-order valence-corrected chi connectivity index (χ2v) is 4.19. The Labute approximate surface area is 112 Å². The van der Waals surface area contributed by atoms with Crippen LogP contribution in [-0.4, -0.2) is 19.8 Å². The summed E-state index contributed by atoms with van der Waals surface area (Å²) in [6, 6.07) is 5.66. The third kappa shape index (κ3) is 3.80. The molecule has 0 aliphatic rings. The van der Waals surface area contributed by atoms with Gasteiger partial charge in [0, 0.05) is 6.54 Å². The van der Waals surface area contributed by atoms with Gasteiger partial charge in [-0.05, 0) is 31.2 Å². The Bertz CT molecular complexity index is 443. The van der Waals surface area contributed by atoms with Crippen molar-refractivity contribution in [3.63, 3.8) is 0 Å². The van der Waals surface area contributed by atoms with Crippen molar-refractivity contribution in [1.29, 1.82) is 5.26 Å². The van der Waals surface area contributed by atoms with Gasteiger partial charge in [-0.15, -0.1) is 0 Å². The molecule has 5 heteroatoms. The van der Waals surface area contributed by atoms with Gasteiger partial charge in [0.2, 0.25) is 0 Å². The van der Waals surface area contributed by atoms with Crippen LogP contribution in [-0.2, 0) is 6.54 Å². The van der Waals surface area contributed by atoms with Gasteiger partial charge in [-0.3, -0.25) is 0 Å². The van der Waals surface area contributed by atoms with Crippen molar-refractivity contribution in [1.82, 2.24) is 5.32 Å². The molecule has 0 fully saturated rings. The van der Waals surface area contributed by atoms with Crippen LogP contribution >= 0.6 is 11.6 Å². The topological polar surface area (TPSA) is 54.3 Å². The number of halogens is 1. The molecule has 0 aliphatic heterocycles. The van der Waals surface area contributed by atoms with Crippen molar-refractivity contribution in [2.75, 3.05) is 13.7 Å². The van der Waals surface area contributed by atoms with Crippen molar-refractivity contribution in [2.24, 2.45) is 0 Å². The lowest BCUT2D eigenvalue weighted by Gasteiger charge is -2.15. The van der Waals surface area contributed by atoms with Gasteiger partial charge in [-0.25, -0.2) is 0 Å². The maximum atomic E-state index is 8.75. The summed E-state index contributed by atoms with van der Waals surface area (Å²) in [6.45, 7) is 5.28. The number of nitrogens with zero attached hydrogens (tertiary/aromatic N) is 1. The van der Waals surface area contributed by atoms with E-state index in [2.05, 4.69) is 5.32 Å². The average Bonchev–Trinajstić information content (AvgIpc) is 2.38.